The number of benzene rings is 1. The normalized spacial score (nSPS) is 16.7. The zero-order chi connectivity index (χ0) is 15.2. The van der Waals surface area contributed by atoms with Crippen LogP contribution in [0.3, 0.4) is 0 Å². The van der Waals surface area contributed by atoms with E-state index in [1.54, 1.807) is 0 Å². The molecule has 1 aliphatic rings. The summed E-state index contributed by atoms with van der Waals surface area (Å²) in [5, 5.41) is 3.60. The highest BCUT2D eigenvalue weighted by Gasteiger charge is 2.19. The number of hydrogen-bond donors (Lipinski definition) is 1. The maximum Gasteiger partial charge on any atom is 0.0412 e. The molecule has 0 spiro atoms. The van der Waals surface area contributed by atoms with E-state index in [1.807, 2.05) is 0 Å². The van der Waals surface area contributed by atoms with E-state index >= 15 is 0 Å². The van der Waals surface area contributed by atoms with Crippen LogP contribution in [-0.4, -0.2) is 19.6 Å². The molecule has 0 aliphatic carbocycles. The van der Waals surface area contributed by atoms with Gasteiger partial charge in [-0.25, -0.2) is 0 Å². The molecule has 0 bridgehead atoms. The van der Waals surface area contributed by atoms with Crippen LogP contribution < -0.4 is 10.2 Å². The van der Waals surface area contributed by atoms with Gasteiger partial charge in [-0.3, -0.25) is 0 Å². The smallest absolute Gasteiger partial charge is 0.0412 e. The summed E-state index contributed by atoms with van der Waals surface area (Å²) in [5.74, 6) is 1.65. The lowest BCUT2D eigenvalue weighted by Gasteiger charge is -2.34. The number of piperidine rings is 1. The first kappa shape index (κ1) is 16.4. The molecule has 21 heavy (non-hydrogen) atoms. The van der Waals surface area contributed by atoms with Crippen LogP contribution in [0, 0.1) is 18.8 Å². The van der Waals surface area contributed by atoms with E-state index in [-0.39, 0.29) is 0 Å². The molecule has 1 saturated heterocycles. The number of hydrogen-bond acceptors (Lipinski definition) is 2. The Hall–Kier alpha value is -1.02. The average Bonchev–Trinajstić information content (AvgIpc) is 2.47. The zero-order valence-electron chi connectivity index (χ0n) is 14.3. The van der Waals surface area contributed by atoms with Crippen LogP contribution in [0.25, 0.3) is 0 Å². The first-order valence-electron chi connectivity index (χ1n) is 8.65. The minimum atomic E-state index is 0.707. The van der Waals surface area contributed by atoms with Gasteiger partial charge in [-0.1, -0.05) is 44.9 Å². The fourth-order valence-corrected chi connectivity index (χ4v) is 3.24. The largest absolute Gasteiger partial charge is 0.371 e. The third-order valence-electron chi connectivity index (χ3n) is 4.64. The summed E-state index contributed by atoms with van der Waals surface area (Å²) >= 11 is 0. The molecule has 0 saturated carbocycles. The van der Waals surface area contributed by atoms with E-state index in [0.717, 1.165) is 19.0 Å². The van der Waals surface area contributed by atoms with Crippen LogP contribution in [0.15, 0.2) is 18.2 Å². The molecule has 2 nitrogen and oxygen atoms in total. The van der Waals surface area contributed by atoms with Crippen molar-refractivity contribution in [3.63, 3.8) is 0 Å². The summed E-state index contributed by atoms with van der Waals surface area (Å²) in [6.45, 7) is 13.6. The number of nitrogens with zero attached hydrogens (tertiary/aromatic N) is 1. The summed E-state index contributed by atoms with van der Waals surface area (Å²) in [4.78, 5) is 2.60. The monoisotopic (exact) mass is 288 g/mol. The number of aryl methyl sites for hydroxylation is 1. The average molecular weight is 288 g/mol. The van der Waals surface area contributed by atoms with Crippen LogP contribution >= 0.6 is 0 Å². The van der Waals surface area contributed by atoms with Gasteiger partial charge in [-0.15, -0.1) is 0 Å². The minimum absolute atomic E-state index is 0.707. The van der Waals surface area contributed by atoms with Gasteiger partial charge in [0.1, 0.15) is 0 Å². The predicted molar refractivity (Wildman–Crippen MR) is 93.0 cm³/mol. The fourth-order valence-electron chi connectivity index (χ4n) is 3.24. The fraction of sp³-hybridized carbons (Fsp3) is 0.684. The number of nitrogens with one attached hydrogen (secondary N) is 1. The predicted octanol–water partition coefficient (Wildman–Crippen LogP) is 4.37. The maximum absolute atomic E-state index is 3.60. The topological polar surface area (TPSA) is 15.3 Å². The van der Waals surface area contributed by atoms with E-state index in [4.69, 9.17) is 0 Å². The molecular formula is C19H32N2. The Bertz CT molecular complexity index is 431. The molecule has 1 aliphatic heterocycles. The molecule has 0 unspecified atom stereocenters. The van der Waals surface area contributed by atoms with Crippen molar-refractivity contribution in [2.24, 2.45) is 11.8 Å². The molecule has 0 radical (unpaired) electrons. The summed E-state index contributed by atoms with van der Waals surface area (Å²) in [6, 6.07) is 6.94. The van der Waals surface area contributed by atoms with Crippen molar-refractivity contribution in [3.05, 3.63) is 29.3 Å². The van der Waals surface area contributed by atoms with Crippen molar-refractivity contribution in [3.8, 4) is 0 Å². The Morgan fingerprint density at radius 3 is 2.57 bits per heavy atom. The summed E-state index contributed by atoms with van der Waals surface area (Å²) in [6.07, 6.45) is 4.04. The molecule has 2 heteroatoms. The third-order valence-corrected chi connectivity index (χ3v) is 4.64. The standard InChI is InChI=1S/C19H32N2/c1-5-17-8-10-21(11-9-17)19-7-6-16(4)12-18(19)14-20-13-15(2)3/h6-7,12,15,17,20H,5,8-11,13-14H2,1-4H3. The second-order valence-corrected chi connectivity index (χ2v) is 7.00. The van der Waals surface area contributed by atoms with E-state index in [1.165, 1.54) is 49.2 Å². The zero-order valence-corrected chi connectivity index (χ0v) is 14.3. The lowest BCUT2D eigenvalue weighted by atomic mass is 9.93. The Labute approximate surface area is 130 Å². The highest BCUT2D eigenvalue weighted by atomic mass is 15.1. The molecule has 1 aromatic carbocycles. The molecule has 2 rings (SSSR count). The second kappa shape index (κ2) is 7.84. The third kappa shape index (κ3) is 4.74. The van der Waals surface area contributed by atoms with Crippen molar-refractivity contribution >= 4 is 5.69 Å². The molecule has 1 N–H and O–H groups in total. The number of anilines is 1. The first-order chi connectivity index (χ1) is 10.1. The Morgan fingerprint density at radius 1 is 1.24 bits per heavy atom. The van der Waals surface area contributed by atoms with Gasteiger partial charge >= 0.3 is 0 Å². The highest BCUT2D eigenvalue weighted by Crippen LogP contribution is 2.28. The van der Waals surface area contributed by atoms with Crippen molar-refractivity contribution in [2.45, 2.75) is 53.5 Å². The second-order valence-electron chi connectivity index (χ2n) is 7.00. The molecule has 1 heterocycles. The van der Waals surface area contributed by atoms with Crippen LogP contribution in [0.2, 0.25) is 0 Å². The Morgan fingerprint density at radius 2 is 1.95 bits per heavy atom. The Kier molecular flexibility index (Phi) is 6.10. The molecule has 1 fully saturated rings. The van der Waals surface area contributed by atoms with E-state index in [2.05, 4.69) is 56.1 Å². The lowest BCUT2D eigenvalue weighted by molar-refractivity contribution is 0.394. The van der Waals surface area contributed by atoms with Gasteiger partial charge in [0.15, 0.2) is 0 Å². The van der Waals surface area contributed by atoms with Crippen LogP contribution in [0.5, 0.6) is 0 Å². The van der Waals surface area contributed by atoms with E-state index in [0.29, 0.717) is 5.92 Å². The molecule has 118 valence electrons. The van der Waals surface area contributed by atoms with E-state index in [9.17, 15) is 0 Å². The van der Waals surface area contributed by atoms with Crippen LogP contribution in [0.1, 0.15) is 51.2 Å². The van der Waals surface area contributed by atoms with Crippen LogP contribution in [0.4, 0.5) is 5.69 Å². The van der Waals surface area contributed by atoms with Gasteiger partial charge in [0, 0.05) is 25.3 Å². The van der Waals surface area contributed by atoms with Crippen molar-refractivity contribution in [1.29, 1.82) is 0 Å². The summed E-state index contributed by atoms with van der Waals surface area (Å²) < 4.78 is 0. The Balaban J connectivity index is 2.04. The molecule has 0 atom stereocenters. The maximum atomic E-state index is 3.60. The van der Waals surface area contributed by atoms with Crippen molar-refractivity contribution in [2.75, 3.05) is 24.5 Å². The highest BCUT2D eigenvalue weighted by molar-refractivity contribution is 5.55. The van der Waals surface area contributed by atoms with Gasteiger partial charge in [-0.2, -0.15) is 0 Å². The first-order valence-corrected chi connectivity index (χ1v) is 8.65. The number of rotatable bonds is 6. The van der Waals surface area contributed by atoms with Gasteiger partial charge in [0.25, 0.3) is 0 Å². The molecular weight excluding hydrogens is 256 g/mol. The SMILES string of the molecule is CCC1CCN(c2ccc(C)cc2CNCC(C)C)CC1. The lowest BCUT2D eigenvalue weighted by Crippen LogP contribution is -2.34. The van der Waals surface area contributed by atoms with Crippen molar-refractivity contribution in [1.82, 2.24) is 5.32 Å². The minimum Gasteiger partial charge on any atom is -0.371 e. The molecule has 0 amide bonds. The van der Waals surface area contributed by atoms with Gasteiger partial charge in [-0.05, 0) is 49.8 Å². The van der Waals surface area contributed by atoms with Crippen molar-refractivity contribution < 1.29 is 0 Å². The van der Waals surface area contributed by atoms with E-state index < -0.39 is 0 Å². The van der Waals surface area contributed by atoms with Gasteiger partial charge < -0.3 is 10.2 Å². The quantitative estimate of drug-likeness (QED) is 0.836. The molecule has 0 aromatic heterocycles. The van der Waals surface area contributed by atoms with Crippen LogP contribution in [-0.2, 0) is 6.54 Å². The summed E-state index contributed by atoms with van der Waals surface area (Å²) in [7, 11) is 0. The summed E-state index contributed by atoms with van der Waals surface area (Å²) in [5.41, 5.74) is 4.28. The van der Waals surface area contributed by atoms with Gasteiger partial charge in [0.2, 0.25) is 0 Å². The van der Waals surface area contributed by atoms with Gasteiger partial charge in [0.05, 0.1) is 0 Å². The molecule has 1 aromatic rings.